The van der Waals surface area contributed by atoms with Crippen molar-refractivity contribution >= 4 is 24.9 Å². The Hall–Kier alpha value is 0.106. The second kappa shape index (κ2) is 2.35. The Balaban J connectivity index is 2.85. The molecule has 0 spiro atoms. The molecule has 5 heavy (non-hydrogen) atoms. The van der Waals surface area contributed by atoms with Gasteiger partial charge in [-0.1, -0.05) is 0 Å². The molecular weight excluding hydrogens is 126 g/mol. The van der Waals surface area contributed by atoms with Gasteiger partial charge in [0, 0.05) is 0 Å². The van der Waals surface area contributed by atoms with Gasteiger partial charge < -0.3 is 0 Å². The summed E-state index contributed by atoms with van der Waals surface area (Å²) in [7, 11) is 0. The number of hydrogen-bond donors (Lipinski definition) is 0. The van der Waals surface area contributed by atoms with E-state index in [2.05, 4.69) is 3.53 Å². The second-order valence-electron chi connectivity index (χ2n) is 0.609. The fourth-order valence-electron chi connectivity index (χ4n) is 0. The molecule has 3 heteroatoms. The van der Waals surface area contributed by atoms with E-state index in [1.807, 2.05) is 0 Å². The quantitative estimate of drug-likeness (QED) is 0.417. The number of rotatable bonds is 0. The van der Waals surface area contributed by atoms with Gasteiger partial charge in [0.2, 0.25) is 0 Å². The minimum atomic E-state index is -0.218. The average Bonchev–Trinajstić information content (AvgIpc) is 1.38. The summed E-state index contributed by atoms with van der Waals surface area (Å²) in [5.74, 6) is -0.218. The number of carbonyl (C=O) groups is 1. The van der Waals surface area contributed by atoms with Crippen LogP contribution in [0.4, 0.5) is 0 Å². The third kappa shape index (κ3) is 4.11. The van der Waals surface area contributed by atoms with Crippen molar-refractivity contribution in [2.75, 3.05) is 0 Å². The van der Waals surface area contributed by atoms with Crippen LogP contribution >= 0.6 is 0 Å². The summed E-state index contributed by atoms with van der Waals surface area (Å²) in [5.41, 5.74) is 0. The van der Waals surface area contributed by atoms with Crippen LogP contribution in [0.3, 0.4) is 0 Å². The van der Waals surface area contributed by atoms with Crippen molar-refractivity contribution < 1.29 is 8.32 Å². The van der Waals surface area contributed by atoms with Gasteiger partial charge in [-0.2, -0.15) is 0 Å². The molecule has 0 amide bonds. The topological polar surface area (TPSA) is 26.3 Å². The zero-order valence-electron chi connectivity index (χ0n) is 2.89. The second-order valence-corrected chi connectivity index (χ2v) is 1.10. The maximum atomic E-state index is 9.61. The van der Waals surface area contributed by atoms with Crippen LogP contribution in [0, 0.1) is 0 Å². The van der Waals surface area contributed by atoms with Gasteiger partial charge in [0.05, 0.1) is 0 Å². The molecule has 0 aliphatic carbocycles. The van der Waals surface area contributed by atoms with E-state index in [9.17, 15) is 4.79 Å². The fourth-order valence-corrected chi connectivity index (χ4v) is 0. The Kier molecular flexibility index (Phi) is 2.40. The molecule has 0 N–H and O–H groups in total. The predicted molar refractivity (Wildman–Crippen MR) is 17.5 cm³/mol. The van der Waals surface area contributed by atoms with Gasteiger partial charge in [0.1, 0.15) is 0 Å². The third-order valence-electron chi connectivity index (χ3n) is 0.166. The summed E-state index contributed by atoms with van der Waals surface area (Å²) in [6.07, 6.45) is 0. The molecule has 2 nitrogen and oxygen atoms in total. The standard InChI is InChI=1S/C2H4O2.Ga/c1-2(3)4;/h1H3,(H,3,4);/q;+1/p-1. The summed E-state index contributed by atoms with van der Waals surface area (Å²) in [6.45, 7) is 1.38. The average molecular weight is 129 g/mol. The first kappa shape index (κ1) is 5.11. The monoisotopic (exact) mass is 128 g/mol. The van der Waals surface area contributed by atoms with Crippen LogP contribution in [-0.4, -0.2) is 24.9 Å². The molecule has 0 saturated carbocycles. The van der Waals surface area contributed by atoms with Crippen molar-refractivity contribution in [2.45, 2.75) is 6.92 Å². The normalized spacial score (nSPS) is 6.60. The third-order valence-corrected chi connectivity index (χ3v) is 0.862. The van der Waals surface area contributed by atoms with E-state index in [0.29, 0.717) is 0 Å². The molecule has 26 valence electrons. The first-order chi connectivity index (χ1) is 2.27. The van der Waals surface area contributed by atoms with Gasteiger partial charge in [0.25, 0.3) is 0 Å². The first-order valence-corrected chi connectivity index (χ1v) is 2.13. The van der Waals surface area contributed by atoms with E-state index >= 15 is 0 Å². The SMILES string of the molecule is CC(=O)[O][Ga]. The summed E-state index contributed by atoms with van der Waals surface area (Å²) in [5, 5.41) is 0. The van der Waals surface area contributed by atoms with E-state index in [4.69, 9.17) is 0 Å². The first-order valence-electron chi connectivity index (χ1n) is 1.14. The van der Waals surface area contributed by atoms with Crippen LogP contribution in [0.25, 0.3) is 0 Å². The van der Waals surface area contributed by atoms with Gasteiger partial charge in [-0.25, -0.2) is 0 Å². The minimum absolute atomic E-state index is 0.218. The van der Waals surface area contributed by atoms with Crippen molar-refractivity contribution in [1.82, 2.24) is 0 Å². The van der Waals surface area contributed by atoms with Crippen LogP contribution in [0.15, 0.2) is 0 Å². The van der Waals surface area contributed by atoms with Crippen LogP contribution in [-0.2, 0) is 8.32 Å². The van der Waals surface area contributed by atoms with Gasteiger partial charge in [-0.15, -0.1) is 0 Å². The Morgan fingerprint density at radius 3 is 2.20 bits per heavy atom. The van der Waals surface area contributed by atoms with Crippen LogP contribution in [0.1, 0.15) is 6.92 Å². The Labute approximate surface area is 40.8 Å². The molecule has 0 aromatic carbocycles. The molecule has 0 fully saturated rings. The molecule has 0 rings (SSSR count). The summed E-state index contributed by atoms with van der Waals surface area (Å²) in [6, 6.07) is 0. The molecule has 2 radical (unpaired) electrons. The zero-order chi connectivity index (χ0) is 4.28. The van der Waals surface area contributed by atoms with Gasteiger partial charge in [-0.05, 0) is 0 Å². The van der Waals surface area contributed by atoms with Crippen molar-refractivity contribution in [2.24, 2.45) is 0 Å². The molecule has 0 atom stereocenters. The predicted octanol–water partition coefficient (Wildman–Crippen LogP) is -0.367. The van der Waals surface area contributed by atoms with Crippen molar-refractivity contribution in [3.05, 3.63) is 0 Å². The molecule has 0 aromatic heterocycles. The number of carbonyl (C=O) groups excluding carboxylic acids is 1. The van der Waals surface area contributed by atoms with Crippen LogP contribution < -0.4 is 0 Å². The van der Waals surface area contributed by atoms with Crippen molar-refractivity contribution in [3.63, 3.8) is 0 Å². The molecule has 0 aliphatic heterocycles. The summed E-state index contributed by atoms with van der Waals surface area (Å²) >= 11 is 0.978. The molecular formula is C2H3GaO2. The molecule has 0 unspecified atom stereocenters. The zero-order valence-corrected chi connectivity index (χ0v) is 5.32. The van der Waals surface area contributed by atoms with Gasteiger partial charge >= 0.3 is 40.2 Å². The van der Waals surface area contributed by atoms with E-state index in [1.165, 1.54) is 6.92 Å². The van der Waals surface area contributed by atoms with Crippen LogP contribution in [0.2, 0.25) is 0 Å². The van der Waals surface area contributed by atoms with E-state index < -0.39 is 0 Å². The van der Waals surface area contributed by atoms with E-state index in [1.54, 1.807) is 0 Å². The Bertz CT molecular complexity index is 42.9. The van der Waals surface area contributed by atoms with Crippen LogP contribution in [0.5, 0.6) is 0 Å². The maximum absolute atomic E-state index is 9.61. The molecule has 0 bridgehead atoms. The Morgan fingerprint density at radius 2 is 2.20 bits per heavy atom. The Morgan fingerprint density at radius 1 is 2.00 bits per heavy atom. The fraction of sp³-hybridized carbons (Fsp3) is 0.500. The van der Waals surface area contributed by atoms with Gasteiger partial charge in [-0.3, -0.25) is 0 Å². The molecule has 0 heterocycles. The molecule has 0 aliphatic rings. The van der Waals surface area contributed by atoms with E-state index in [-0.39, 0.29) is 5.97 Å². The van der Waals surface area contributed by atoms with E-state index in [0.717, 1.165) is 19.0 Å². The van der Waals surface area contributed by atoms with Crippen molar-refractivity contribution in [1.29, 1.82) is 0 Å². The molecule has 0 aromatic rings. The van der Waals surface area contributed by atoms with Crippen molar-refractivity contribution in [3.8, 4) is 0 Å². The summed E-state index contributed by atoms with van der Waals surface area (Å²) in [4.78, 5) is 9.61. The molecule has 0 saturated heterocycles. The summed E-state index contributed by atoms with van der Waals surface area (Å²) < 4.78 is 4.17. The number of hydrogen-bond acceptors (Lipinski definition) is 2. The van der Waals surface area contributed by atoms with Gasteiger partial charge in [0.15, 0.2) is 0 Å².